The highest BCUT2D eigenvalue weighted by Crippen LogP contribution is 2.32. The summed E-state index contributed by atoms with van der Waals surface area (Å²) in [5, 5.41) is 3.34. The smallest absolute Gasteiger partial charge is 0.409 e. The fourth-order valence-corrected chi connectivity index (χ4v) is 3.80. The summed E-state index contributed by atoms with van der Waals surface area (Å²) in [6, 6.07) is 0. The van der Waals surface area contributed by atoms with E-state index < -0.39 is 5.97 Å². The van der Waals surface area contributed by atoms with Crippen molar-refractivity contribution < 1.29 is 23.9 Å². The van der Waals surface area contributed by atoms with Gasteiger partial charge in [-0.1, -0.05) is 0 Å². The molecule has 0 unspecified atom stereocenters. The molecule has 0 spiro atoms. The van der Waals surface area contributed by atoms with E-state index >= 15 is 0 Å². The zero-order chi connectivity index (χ0) is 19.3. The normalized spacial score (nSPS) is 14.8. The van der Waals surface area contributed by atoms with Crippen LogP contribution in [0.2, 0.25) is 0 Å². The van der Waals surface area contributed by atoms with E-state index in [1.807, 2.05) is 18.7 Å². The molecule has 1 aliphatic heterocycles. The summed E-state index contributed by atoms with van der Waals surface area (Å²) >= 11 is 1.36. The van der Waals surface area contributed by atoms with Gasteiger partial charge in [-0.15, -0.1) is 11.3 Å². The van der Waals surface area contributed by atoms with Crippen LogP contribution < -0.4 is 5.32 Å². The third-order valence-electron chi connectivity index (χ3n) is 4.29. The lowest BCUT2D eigenvalue weighted by atomic mass is 10.1. The molecule has 2 heterocycles. The standard InChI is InChI=1S/C17H25N3O5S/c1-5-25-17(23)20-8-6-19(7-9-20)10-13(21)18-15-14(16(22)24-4)11(2)12(3)26-15/h5-10H2,1-4H3,(H,18,21). The van der Waals surface area contributed by atoms with Crippen molar-refractivity contribution in [2.75, 3.05) is 51.8 Å². The van der Waals surface area contributed by atoms with Crippen LogP contribution in [0.4, 0.5) is 9.80 Å². The number of carbonyl (C=O) groups is 3. The van der Waals surface area contributed by atoms with Crippen LogP contribution in [0.1, 0.15) is 27.7 Å². The van der Waals surface area contributed by atoms with Crippen LogP contribution in [0.25, 0.3) is 0 Å². The second kappa shape index (κ2) is 9.00. The van der Waals surface area contributed by atoms with Gasteiger partial charge < -0.3 is 19.7 Å². The lowest BCUT2D eigenvalue weighted by Crippen LogP contribution is -2.50. The molecular weight excluding hydrogens is 358 g/mol. The van der Waals surface area contributed by atoms with Gasteiger partial charge in [-0.3, -0.25) is 9.69 Å². The predicted molar refractivity (Wildman–Crippen MR) is 98.8 cm³/mol. The minimum absolute atomic E-state index is 0.194. The Morgan fingerprint density at radius 3 is 2.38 bits per heavy atom. The van der Waals surface area contributed by atoms with Crippen molar-refractivity contribution in [1.82, 2.24) is 9.80 Å². The predicted octanol–water partition coefficient (Wildman–Crippen LogP) is 1.86. The Kier molecular flexibility index (Phi) is 6.98. The summed E-state index contributed by atoms with van der Waals surface area (Å²) in [7, 11) is 1.32. The summed E-state index contributed by atoms with van der Waals surface area (Å²) in [6.45, 7) is 8.30. The van der Waals surface area contributed by atoms with Gasteiger partial charge in [-0.25, -0.2) is 9.59 Å². The Bertz CT molecular complexity index is 680. The Hall–Kier alpha value is -2.13. The number of hydrogen-bond acceptors (Lipinski definition) is 7. The molecule has 8 nitrogen and oxygen atoms in total. The van der Waals surface area contributed by atoms with E-state index in [1.165, 1.54) is 18.4 Å². The van der Waals surface area contributed by atoms with E-state index in [2.05, 4.69) is 5.32 Å². The molecule has 1 aliphatic rings. The molecule has 144 valence electrons. The van der Waals surface area contributed by atoms with Crippen LogP contribution in [0.3, 0.4) is 0 Å². The van der Waals surface area contributed by atoms with E-state index in [-0.39, 0.29) is 18.5 Å². The molecule has 0 aromatic carbocycles. The van der Waals surface area contributed by atoms with Crippen molar-refractivity contribution in [3.8, 4) is 0 Å². The second-order valence-electron chi connectivity index (χ2n) is 5.99. The van der Waals surface area contributed by atoms with Crippen LogP contribution in [0.5, 0.6) is 0 Å². The van der Waals surface area contributed by atoms with Gasteiger partial charge in [-0.2, -0.15) is 0 Å². The maximum absolute atomic E-state index is 12.4. The molecule has 9 heteroatoms. The minimum Gasteiger partial charge on any atom is -0.465 e. The average molecular weight is 383 g/mol. The molecule has 1 N–H and O–H groups in total. The number of piperazine rings is 1. The number of ether oxygens (including phenoxy) is 2. The van der Waals surface area contributed by atoms with E-state index in [0.29, 0.717) is 43.4 Å². The maximum atomic E-state index is 12.4. The molecular formula is C17H25N3O5S. The summed E-state index contributed by atoms with van der Waals surface area (Å²) in [4.78, 5) is 40.6. The van der Waals surface area contributed by atoms with E-state index in [0.717, 1.165) is 10.4 Å². The number of anilines is 1. The minimum atomic E-state index is -0.454. The quantitative estimate of drug-likeness (QED) is 0.781. The lowest BCUT2D eigenvalue weighted by molar-refractivity contribution is -0.117. The van der Waals surface area contributed by atoms with Crippen LogP contribution >= 0.6 is 11.3 Å². The summed E-state index contributed by atoms with van der Waals surface area (Å²) in [5.74, 6) is -0.647. The Morgan fingerprint density at radius 1 is 1.15 bits per heavy atom. The van der Waals surface area contributed by atoms with E-state index in [4.69, 9.17) is 9.47 Å². The van der Waals surface area contributed by atoms with Gasteiger partial charge in [0.25, 0.3) is 0 Å². The topological polar surface area (TPSA) is 88.2 Å². The van der Waals surface area contributed by atoms with Crippen molar-refractivity contribution in [2.24, 2.45) is 0 Å². The number of hydrogen-bond donors (Lipinski definition) is 1. The summed E-state index contributed by atoms with van der Waals surface area (Å²) in [6.07, 6.45) is -0.316. The SMILES string of the molecule is CCOC(=O)N1CCN(CC(=O)Nc2sc(C)c(C)c2C(=O)OC)CC1. The Morgan fingerprint density at radius 2 is 1.81 bits per heavy atom. The number of rotatable bonds is 5. The Labute approximate surface area is 157 Å². The largest absolute Gasteiger partial charge is 0.465 e. The van der Waals surface area contributed by atoms with Gasteiger partial charge in [-0.05, 0) is 26.3 Å². The first-order valence-corrected chi connectivity index (χ1v) is 9.31. The average Bonchev–Trinajstić information content (AvgIpc) is 2.88. The number of carbonyl (C=O) groups excluding carboxylic acids is 3. The number of esters is 1. The van der Waals surface area contributed by atoms with E-state index in [1.54, 1.807) is 11.8 Å². The molecule has 0 bridgehead atoms. The van der Waals surface area contributed by atoms with Crippen molar-refractivity contribution >= 4 is 34.3 Å². The Balaban J connectivity index is 1.91. The number of aryl methyl sites for hydroxylation is 1. The molecule has 0 aliphatic carbocycles. The van der Waals surface area contributed by atoms with Crippen molar-refractivity contribution in [2.45, 2.75) is 20.8 Å². The molecule has 1 aromatic heterocycles. The van der Waals surface area contributed by atoms with Crippen LogP contribution in [0, 0.1) is 13.8 Å². The van der Waals surface area contributed by atoms with Crippen LogP contribution in [-0.2, 0) is 14.3 Å². The van der Waals surface area contributed by atoms with Crippen molar-refractivity contribution in [3.63, 3.8) is 0 Å². The lowest BCUT2D eigenvalue weighted by Gasteiger charge is -2.33. The number of amides is 2. The van der Waals surface area contributed by atoms with Gasteiger partial charge in [0.1, 0.15) is 5.00 Å². The van der Waals surface area contributed by atoms with E-state index in [9.17, 15) is 14.4 Å². The molecule has 0 atom stereocenters. The van der Waals surface area contributed by atoms with Crippen molar-refractivity contribution in [1.29, 1.82) is 0 Å². The number of nitrogens with zero attached hydrogens (tertiary/aromatic N) is 2. The molecule has 2 rings (SSSR count). The van der Waals surface area contributed by atoms with Gasteiger partial charge in [0.2, 0.25) is 5.91 Å². The first-order chi connectivity index (χ1) is 12.4. The maximum Gasteiger partial charge on any atom is 0.409 e. The highest BCUT2D eigenvalue weighted by atomic mass is 32.1. The highest BCUT2D eigenvalue weighted by molar-refractivity contribution is 7.16. The summed E-state index contributed by atoms with van der Waals surface area (Å²) < 4.78 is 9.80. The number of thiophene rings is 1. The molecule has 26 heavy (non-hydrogen) atoms. The van der Waals surface area contributed by atoms with Crippen LogP contribution in [-0.4, -0.2) is 74.2 Å². The number of methoxy groups -OCH3 is 1. The molecule has 1 saturated heterocycles. The first-order valence-electron chi connectivity index (χ1n) is 8.49. The van der Waals surface area contributed by atoms with Gasteiger partial charge >= 0.3 is 12.1 Å². The molecule has 2 amide bonds. The summed E-state index contributed by atoms with van der Waals surface area (Å²) in [5.41, 5.74) is 1.23. The molecule has 0 saturated carbocycles. The van der Waals surface area contributed by atoms with Gasteiger partial charge in [0, 0.05) is 31.1 Å². The van der Waals surface area contributed by atoms with Crippen LogP contribution in [0.15, 0.2) is 0 Å². The zero-order valence-corrected chi connectivity index (χ0v) is 16.4. The third-order valence-corrected chi connectivity index (χ3v) is 5.42. The monoisotopic (exact) mass is 383 g/mol. The van der Waals surface area contributed by atoms with Gasteiger partial charge in [0.15, 0.2) is 0 Å². The first kappa shape index (κ1) is 20.2. The zero-order valence-electron chi connectivity index (χ0n) is 15.6. The molecule has 1 aromatic rings. The number of nitrogens with one attached hydrogen (secondary N) is 1. The molecule has 1 fully saturated rings. The molecule has 0 radical (unpaired) electrons. The van der Waals surface area contributed by atoms with Gasteiger partial charge in [0.05, 0.1) is 25.8 Å². The fraction of sp³-hybridized carbons (Fsp3) is 0.588. The third kappa shape index (κ3) is 4.73. The highest BCUT2D eigenvalue weighted by Gasteiger charge is 2.25. The van der Waals surface area contributed by atoms with Crippen molar-refractivity contribution in [3.05, 3.63) is 16.0 Å². The fourth-order valence-electron chi connectivity index (χ4n) is 2.74. The second-order valence-corrected chi connectivity index (χ2v) is 7.21.